The first-order chi connectivity index (χ1) is 12.8. The number of rotatable bonds is 5. The van der Waals surface area contributed by atoms with Crippen molar-refractivity contribution < 1.29 is 27.5 Å². The van der Waals surface area contributed by atoms with Crippen molar-refractivity contribution in [3.05, 3.63) is 31.3 Å². The molecule has 0 bridgehead atoms. The molecule has 0 aliphatic rings. The lowest BCUT2D eigenvalue weighted by Gasteiger charge is -2.18. The van der Waals surface area contributed by atoms with Crippen LogP contribution in [0.2, 0.25) is 0 Å². The quantitative estimate of drug-likeness (QED) is 0.548. The topological polar surface area (TPSA) is 87.4 Å². The molecule has 2 heterocycles. The predicted octanol–water partition coefficient (Wildman–Crippen LogP) is 2.96. The van der Waals surface area contributed by atoms with Gasteiger partial charge in [0.05, 0.1) is 17.4 Å². The Kier molecular flexibility index (Phi) is 5.88. The van der Waals surface area contributed by atoms with E-state index in [1.165, 1.54) is 6.92 Å². The second-order valence-electron chi connectivity index (χ2n) is 6.99. The summed E-state index contributed by atoms with van der Waals surface area (Å²) in [6, 6.07) is 0. The van der Waals surface area contributed by atoms with E-state index in [2.05, 4.69) is 0 Å². The number of nitrogens with zero attached hydrogens (tertiary/aromatic N) is 2. The number of carbonyl (C=O) groups excluding carboxylic acids is 2. The van der Waals surface area contributed by atoms with Crippen molar-refractivity contribution in [1.82, 2.24) is 9.13 Å². The summed E-state index contributed by atoms with van der Waals surface area (Å²) in [5, 5.41) is -0.260. The zero-order valence-corrected chi connectivity index (χ0v) is 16.5. The number of halogens is 3. The molecule has 7 nitrogen and oxygen atoms in total. The number of aldehydes is 1. The molecule has 2 rings (SSSR count). The van der Waals surface area contributed by atoms with Crippen molar-refractivity contribution in [3.8, 4) is 0 Å². The van der Waals surface area contributed by atoms with Gasteiger partial charge < -0.3 is 4.74 Å². The number of hydrogen-bond donors (Lipinski definition) is 0. The number of thiophene rings is 1. The van der Waals surface area contributed by atoms with Crippen LogP contribution in [0.15, 0.2) is 9.59 Å². The summed E-state index contributed by atoms with van der Waals surface area (Å²) in [4.78, 5) is 48.8. The molecule has 0 saturated heterocycles. The van der Waals surface area contributed by atoms with E-state index in [0.717, 1.165) is 9.13 Å². The van der Waals surface area contributed by atoms with Gasteiger partial charge in [-0.15, -0.1) is 11.3 Å². The Balaban J connectivity index is 2.83. The van der Waals surface area contributed by atoms with Gasteiger partial charge in [-0.3, -0.25) is 18.7 Å². The van der Waals surface area contributed by atoms with Crippen molar-refractivity contribution >= 4 is 33.8 Å². The van der Waals surface area contributed by atoms with E-state index in [-0.39, 0.29) is 33.5 Å². The SMILES string of the molecule is CCn1c(=O)c2c(C=O)c(C(=O)OC(C)(C)C)sc2n(CCC(F)(F)F)c1=O. The third kappa shape index (κ3) is 4.34. The van der Waals surface area contributed by atoms with Crippen LogP contribution in [-0.2, 0) is 17.8 Å². The van der Waals surface area contributed by atoms with Crippen LogP contribution >= 0.6 is 11.3 Å². The number of hydrogen-bond acceptors (Lipinski definition) is 6. The van der Waals surface area contributed by atoms with Crippen LogP contribution in [0.3, 0.4) is 0 Å². The highest BCUT2D eigenvalue weighted by atomic mass is 32.1. The maximum atomic E-state index is 12.7. The first-order valence-corrected chi connectivity index (χ1v) is 9.17. The second-order valence-corrected chi connectivity index (χ2v) is 7.99. The maximum absolute atomic E-state index is 12.7. The zero-order chi connectivity index (χ0) is 21.4. The Bertz CT molecular complexity index is 1040. The van der Waals surface area contributed by atoms with Crippen LogP contribution in [-0.4, -0.2) is 33.2 Å². The van der Waals surface area contributed by atoms with Crippen LogP contribution in [0.1, 0.15) is 54.1 Å². The predicted molar refractivity (Wildman–Crippen MR) is 97.2 cm³/mol. The van der Waals surface area contributed by atoms with Crippen LogP contribution in [0.4, 0.5) is 13.2 Å². The van der Waals surface area contributed by atoms with Gasteiger partial charge >= 0.3 is 17.8 Å². The average molecular weight is 420 g/mol. The monoisotopic (exact) mass is 420 g/mol. The van der Waals surface area contributed by atoms with Gasteiger partial charge in [0.1, 0.15) is 15.3 Å². The summed E-state index contributed by atoms with van der Waals surface area (Å²) in [6.45, 7) is 5.43. The molecular formula is C17H19F3N2O5S. The molecule has 0 amide bonds. The number of aryl methyl sites for hydroxylation is 1. The molecule has 0 aliphatic heterocycles. The Labute approximate surface area is 161 Å². The Hall–Kier alpha value is -2.43. The molecule has 0 spiro atoms. The van der Waals surface area contributed by atoms with Crippen molar-refractivity contribution in [2.45, 2.75) is 59.0 Å². The standard InChI is InChI=1S/C17H19F3N2O5S/c1-5-21-12(24)10-9(8-23)11(14(25)27-16(2,3)4)28-13(10)22(15(21)26)7-6-17(18,19)20/h8H,5-7H2,1-4H3. The second kappa shape index (κ2) is 7.53. The van der Waals surface area contributed by atoms with Gasteiger partial charge in [-0.1, -0.05) is 0 Å². The van der Waals surface area contributed by atoms with Crippen LogP contribution in [0.25, 0.3) is 10.2 Å². The lowest BCUT2D eigenvalue weighted by molar-refractivity contribution is -0.136. The van der Waals surface area contributed by atoms with E-state index in [0.29, 0.717) is 11.3 Å². The first-order valence-electron chi connectivity index (χ1n) is 8.36. The van der Waals surface area contributed by atoms with Gasteiger partial charge in [0.15, 0.2) is 6.29 Å². The first kappa shape index (κ1) is 21.9. The smallest absolute Gasteiger partial charge is 0.390 e. The number of carbonyl (C=O) groups is 2. The fraction of sp³-hybridized carbons (Fsp3) is 0.529. The number of alkyl halides is 3. The molecule has 0 aliphatic carbocycles. The summed E-state index contributed by atoms with van der Waals surface area (Å²) < 4.78 is 44.8. The van der Waals surface area contributed by atoms with Gasteiger partial charge in [-0.05, 0) is 27.7 Å². The van der Waals surface area contributed by atoms with Crippen LogP contribution in [0.5, 0.6) is 0 Å². The molecule has 0 saturated carbocycles. The molecule has 0 radical (unpaired) electrons. The number of esters is 1. The summed E-state index contributed by atoms with van der Waals surface area (Å²) >= 11 is 0.598. The maximum Gasteiger partial charge on any atom is 0.390 e. The Morgan fingerprint density at radius 1 is 1.18 bits per heavy atom. The lowest BCUT2D eigenvalue weighted by atomic mass is 10.1. The molecule has 0 unspecified atom stereocenters. The van der Waals surface area contributed by atoms with Crippen LogP contribution in [0, 0.1) is 0 Å². The summed E-state index contributed by atoms with van der Waals surface area (Å²) in [5.41, 5.74) is -2.95. The molecule has 28 heavy (non-hydrogen) atoms. The molecular weight excluding hydrogens is 401 g/mol. The van der Waals surface area contributed by atoms with Crippen molar-refractivity contribution in [2.24, 2.45) is 0 Å². The van der Waals surface area contributed by atoms with E-state index in [1.54, 1.807) is 20.8 Å². The summed E-state index contributed by atoms with van der Waals surface area (Å²) in [7, 11) is 0. The summed E-state index contributed by atoms with van der Waals surface area (Å²) in [5.74, 6) is -0.895. The molecule has 0 aromatic carbocycles. The molecule has 0 N–H and O–H groups in total. The van der Waals surface area contributed by atoms with E-state index < -0.39 is 42.0 Å². The fourth-order valence-electron chi connectivity index (χ4n) is 2.59. The van der Waals surface area contributed by atoms with Gasteiger partial charge in [0.25, 0.3) is 5.56 Å². The fourth-order valence-corrected chi connectivity index (χ4v) is 3.74. The minimum Gasteiger partial charge on any atom is -0.456 e. The van der Waals surface area contributed by atoms with E-state index >= 15 is 0 Å². The Morgan fingerprint density at radius 2 is 1.79 bits per heavy atom. The third-order valence-corrected chi connectivity index (χ3v) is 4.94. The number of aromatic nitrogens is 2. The lowest BCUT2D eigenvalue weighted by Crippen LogP contribution is -2.40. The van der Waals surface area contributed by atoms with Gasteiger partial charge in [0.2, 0.25) is 0 Å². The molecule has 2 aromatic rings. The van der Waals surface area contributed by atoms with E-state index in [1.807, 2.05) is 0 Å². The normalized spacial score (nSPS) is 12.4. The number of fused-ring (bicyclic) bond motifs is 1. The van der Waals surface area contributed by atoms with Crippen molar-refractivity contribution in [1.29, 1.82) is 0 Å². The highest BCUT2D eigenvalue weighted by molar-refractivity contribution is 7.20. The van der Waals surface area contributed by atoms with E-state index in [9.17, 15) is 32.3 Å². The molecule has 0 atom stereocenters. The number of ether oxygens (including phenoxy) is 1. The van der Waals surface area contributed by atoms with Gasteiger partial charge in [-0.25, -0.2) is 9.59 Å². The minimum absolute atomic E-state index is 0.102. The third-order valence-electron chi connectivity index (χ3n) is 3.73. The minimum atomic E-state index is -4.53. The van der Waals surface area contributed by atoms with Gasteiger partial charge in [-0.2, -0.15) is 13.2 Å². The summed E-state index contributed by atoms with van der Waals surface area (Å²) in [6.07, 6.45) is -5.56. The molecule has 154 valence electrons. The molecule has 2 aromatic heterocycles. The van der Waals surface area contributed by atoms with Crippen LogP contribution < -0.4 is 11.2 Å². The highest BCUT2D eigenvalue weighted by Gasteiger charge is 2.31. The zero-order valence-electron chi connectivity index (χ0n) is 15.7. The average Bonchev–Trinajstić information content (AvgIpc) is 2.92. The largest absolute Gasteiger partial charge is 0.456 e. The van der Waals surface area contributed by atoms with E-state index in [4.69, 9.17) is 4.74 Å². The van der Waals surface area contributed by atoms with Gasteiger partial charge in [0, 0.05) is 13.1 Å². The van der Waals surface area contributed by atoms with Crippen molar-refractivity contribution in [2.75, 3.05) is 0 Å². The Morgan fingerprint density at radius 3 is 2.25 bits per heavy atom. The molecule has 0 fully saturated rings. The highest BCUT2D eigenvalue weighted by Crippen LogP contribution is 2.30. The molecule has 11 heteroatoms. The van der Waals surface area contributed by atoms with Crippen molar-refractivity contribution in [3.63, 3.8) is 0 Å².